The van der Waals surface area contributed by atoms with Crippen molar-refractivity contribution in [3.63, 3.8) is 0 Å². The molecule has 6 nitrogen and oxygen atoms in total. The van der Waals surface area contributed by atoms with Crippen LogP contribution >= 0.6 is 0 Å². The number of hydrogen-bond donors (Lipinski definition) is 2. The molecule has 21 heavy (non-hydrogen) atoms. The zero-order chi connectivity index (χ0) is 15.9. The lowest BCUT2D eigenvalue weighted by molar-refractivity contribution is -0.124. The molecule has 0 saturated carbocycles. The number of carbonyl (C=O) groups is 1. The molecule has 0 bridgehead atoms. The van der Waals surface area contributed by atoms with Gasteiger partial charge in [0.2, 0.25) is 5.91 Å². The number of hydrogen-bond acceptors (Lipinski definition) is 4. The summed E-state index contributed by atoms with van der Waals surface area (Å²) in [5, 5.41) is 7.19. The van der Waals surface area contributed by atoms with E-state index in [1.165, 1.54) is 0 Å². The van der Waals surface area contributed by atoms with Crippen molar-refractivity contribution in [2.24, 2.45) is 11.1 Å². The molecule has 0 fully saturated rings. The fourth-order valence-corrected chi connectivity index (χ4v) is 2.01. The lowest BCUT2D eigenvalue weighted by atomic mass is 9.86. The normalized spacial score (nSPS) is 14.2. The number of nitrogens with zero attached hydrogens (tertiary/aromatic N) is 3. The number of rotatable bonds is 9. The number of likely N-dealkylation sites (N-methyl/N-ethyl adjacent to an activating group) is 1. The van der Waals surface area contributed by atoms with Gasteiger partial charge in [-0.25, -0.2) is 0 Å². The van der Waals surface area contributed by atoms with Crippen molar-refractivity contribution >= 4 is 11.6 Å². The molecule has 1 aromatic rings. The third kappa shape index (κ3) is 4.82. The van der Waals surface area contributed by atoms with Gasteiger partial charge in [-0.2, -0.15) is 5.10 Å². The van der Waals surface area contributed by atoms with E-state index < -0.39 is 5.41 Å². The third-order valence-corrected chi connectivity index (χ3v) is 4.21. The lowest BCUT2D eigenvalue weighted by Crippen LogP contribution is -2.39. The van der Waals surface area contributed by atoms with E-state index in [-0.39, 0.29) is 5.91 Å². The zero-order valence-electron chi connectivity index (χ0n) is 13.7. The molecule has 6 heteroatoms. The van der Waals surface area contributed by atoms with Crippen LogP contribution in [0.3, 0.4) is 0 Å². The van der Waals surface area contributed by atoms with Gasteiger partial charge < -0.3 is 16.0 Å². The first-order valence-corrected chi connectivity index (χ1v) is 7.75. The lowest BCUT2D eigenvalue weighted by Gasteiger charge is -2.24. The number of nitrogens with two attached hydrogens (primary N) is 1. The summed E-state index contributed by atoms with van der Waals surface area (Å²) in [5.74, 6) is -0.0456. The van der Waals surface area contributed by atoms with Crippen LogP contribution in [0.1, 0.15) is 34.1 Å². The average molecular weight is 295 g/mol. The second kappa shape index (κ2) is 8.14. The maximum atomic E-state index is 12.2. The van der Waals surface area contributed by atoms with Crippen LogP contribution in [-0.2, 0) is 11.3 Å². The van der Waals surface area contributed by atoms with Gasteiger partial charge in [0.15, 0.2) is 0 Å². The topological polar surface area (TPSA) is 76.2 Å². The van der Waals surface area contributed by atoms with Gasteiger partial charge in [-0.3, -0.25) is 9.48 Å². The Kier molecular flexibility index (Phi) is 6.84. The molecule has 0 spiro atoms. The second-order valence-electron chi connectivity index (χ2n) is 5.59. The highest BCUT2D eigenvalue weighted by molar-refractivity contribution is 5.95. The van der Waals surface area contributed by atoms with Crippen molar-refractivity contribution in [1.82, 2.24) is 14.7 Å². The van der Waals surface area contributed by atoms with E-state index in [2.05, 4.69) is 29.2 Å². The summed E-state index contributed by atoms with van der Waals surface area (Å²) < 4.78 is 1.86. The van der Waals surface area contributed by atoms with Gasteiger partial charge in [-0.05, 0) is 26.4 Å². The maximum absolute atomic E-state index is 12.2. The van der Waals surface area contributed by atoms with Crippen LogP contribution in [0, 0.1) is 5.41 Å². The molecule has 1 unspecified atom stereocenters. The number of carbonyl (C=O) groups excluding carboxylic acids is 1. The highest BCUT2D eigenvalue weighted by atomic mass is 16.2. The Labute approximate surface area is 127 Å². The second-order valence-corrected chi connectivity index (χ2v) is 5.59. The number of aromatic nitrogens is 2. The number of amides is 1. The van der Waals surface area contributed by atoms with E-state index in [0.717, 1.165) is 31.9 Å². The predicted octanol–water partition coefficient (Wildman–Crippen LogP) is 1.54. The van der Waals surface area contributed by atoms with Gasteiger partial charge in [-0.1, -0.05) is 20.8 Å². The summed E-state index contributed by atoms with van der Waals surface area (Å²) in [5.41, 5.74) is 5.91. The van der Waals surface area contributed by atoms with Crippen LogP contribution in [0.4, 0.5) is 5.69 Å². The largest absolute Gasteiger partial charge is 0.329 e. The molecule has 0 aliphatic carbocycles. The third-order valence-electron chi connectivity index (χ3n) is 4.21. The van der Waals surface area contributed by atoms with Crippen LogP contribution in [0.5, 0.6) is 0 Å². The molecule has 1 atom stereocenters. The molecule has 0 aliphatic heterocycles. The summed E-state index contributed by atoms with van der Waals surface area (Å²) in [4.78, 5) is 14.6. The first-order valence-electron chi connectivity index (χ1n) is 7.75. The van der Waals surface area contributed by atoms with Crippen molar-refractivity contribution in [1.29, 1.82) is 0 Å². The molecule has 0 saturated heterocycles. The van der Waals surface area contributed by atoms with Gasteiger partial charge >= 0.3 is 0 Å². The van der Waals surface area contributed by atoms with Crippen molar-refractivity contribution in [3.05, 3.63) is 12.4 Å². The fourth-order valence-electron chi connectivity index (χ4n) is 2.01. The minimum absolute atomic E-state index is 0.0456. The van der Waals surface area contributed by atoms with E-state index in [4.69, 9.17) is 5.73 Å². The van der Waals surface area contributed by atoms with Crippen molar-refractivity contribution in [3.8, 4) is 0 Å². The maximum Gasteiger partial charge on any atom is 0.231 e. The summed E-state index contributed by atoms with van der Waals surface area (Å²) in [6.07, 6.45) is 4.27. The summed E-state index contributed by atoms with van der Waals surface area (Å²) in [7, 11) is 0. The SMILES string of the molecule is CCN(CC)CCn1cc(NC(=O)C(C)(CC)CN)cn1. The highest BCUT2D eigenvalue weighted by Gasteiger charge is 2.29. The standard InChI is InChI=1S/C15H29N5O/c1-5-15(4,12-16)14(21)18-13-10-17-20(11-13)9-8-19(6-2)7-3/h10-11H,5-9,12,16H2,1-4H3,(H,18,21). The minimum Gasteiger partial charge on any atom is -0.329 e. The average Bonchev–Trinajstić information content (AvgIpc) is 2.94. The summed E-state index contributed by atoms with van der Waals surface area (Å²) in [6.45, 7) is 12.3. The Balaban J connectivity index is 2.57. The van der Waals surface area contributed by atoms with Crippen LogP contribution in [0.2, 0.25) is 0 Å². The van der Waals surface area contributed by atoms with Crippen LogP contribution in [-0.4, -0.2) is 46.8 Å². The Hall–Kier alpha value is -1.40. The molecule has 3 N–H and O–H groups in total. The Bertz CT molecular complexity index is 435. The van der Waals surface area contributed by atoms with E-state index in [9.17, 15) is 4.79 Å². The van der Waals surface area contributed by atoms with Gasteiger partial charge in [0.05, 0.1) is 23.8 Å². The number of anilines is 1. The van der Waals surface area contributed by atoms with E-state index in [1.807, 2.05) is 24.7 Å². The predicted molar refractivity (Wildman–Crippen MR) is 86.1 cm³/mol. The molecule has 0 aliphatic rings. The number of nitrogens with one attached hydrogen (secondary N) is 1. The van der Waals surface area contributed by atoms with Crippen molar-refractivity contribution in [2.75, 3.05) is 31.5 Å². The van der Waals surface area contributed by atoms with Gasteiger partial charge in [-0.15, -0.1) is 0 Å². The van der Waals surface area contributed by atoms with E-state index >= 15 is 0 Å². The van der Waals surface area contributed by atoms with Crippen molar-refractivity contribution in [2.45, 2.75) is 40.7 Å². The highest BCUT2D eigenvalue weighted by Crippen LogP contribution is 2.21. The Morgan fingerprint density at radius 2 is 2.10 bits per heavy atom. The first-order chi connectivity index (χ1) is 9.98. The quantitative estimate of drug-likeness (QED) is 0.724. The van der Waals surface area contributed by atoms with E-state index in [0.29, 0.717) is 13.0 Å². The zero-order valence-corrected chi connectivity index (χ0v) is 13.7. The summed E-state index contributed by atoms with van der Waals surface area (Å²) >= 11 is 0. The molecule has 120 valence electrons. The molecular formula is C15H29N5O. The Morgan fingerprint density at radius 3 is 2.62 bits per heavy atom. The molecule has 1 heterocycles. The van der Waals surface area contributed by atoms with Crippen LogP contribution in [0.15, 0.2) is 12.4 Å². The minimum atomic E-state index is -0.524. The van der Waals surface area contributed by atoms with E-state index in [1.54, 1.807) is 6.20 Å². The van der Waals surface area contributed by atoms with Crippen LogP contribution in [0.25, 0.3) is 0 Å². The first kappa shape index (κ1) is 17.7. The smallest absolute Gasteiger partial charge is 0.231 e. The monoisotopic (exact) mass is 295 g/mol. The molecular weight excluding hydrogens is 266 g/mol. The molecule has 1 aromatic heterocycles. The van der Waals surface area contributed by atoms with Crippen molar-refractivity contribution < 1.29 is 4.79 Å². The molecule has 0 aromatic carbocycles. The molecule has 1 rings (SSSR count). The summed E-state index contributed by atoms with van der Waals surface area (Å²) in [6, 6.07) is 0. The molecule has 0 radical (unpaired) electrons. The van der Waals surface area contributed by atoms with Crippen LogP contribution < -0.4 is 11.1 Å². The van der Waals surface area contributed by atoms with Gasteiger partial charge in [0, 0.05) is 19.3 Å². The molecule has 1 amide bonds. The van der Waals surface area contributed by atoms with Gasteiger partial charge in [0.1, 0.15) is 0 Å². The van der Waals surface area contributed by atoms with Gasteiger partial charge in [0.25, 0.3) is 0 Å². The fraction of sp³-hybridized carbons (Fsp3) is 0.733. The Morgan fingerprint density at radius 1 is 1.43 bits per heavy atom.